The lowest BCUT2D eigenvalue weighted by molar-refractivity contribution is 0.0215. The molecule has 0 saturated heterocycles. The number of Topliss-reactive ketones (excluding diaryl/α,β-unsaturated/α-hetero) is 1. The lowest BCUT2D eigenvalue weighted by Gasteiger charge is -2.17. The minimum atomic E-state index is -1.01. The second-order valence-corrected chi connectivity index (χ2v) is 5.80. The van der Waals surface area contributed by atoms with E-state index in [1.165, 1.54) is 0 Å². The van der Waals surface area contributed by atoms with Gasteiger partial charge in [-0.3, -0.25) is 4.79 Å². The molecule has 0 amide bonds. The molecule has 0 aromatic heterocycles. The third kappa shape index (κ3) is 6.07. The van der Waals surface area contributed by atoms with Crippen LogP contribution in [0.3, 0.4) is 0 Å². The van der Waals surface area contributed by atoms with Crippen molar-refractivity contribution >= 4 is 11.9 Å². The van der Waals surface area contributed by atoms with E-state index in [0.717, 1.165) is 25.7 Å². The first kappa shape index (κ1) is 18.7. The van der Waals surface area contributed by atoms with Gasteiger partial charge in [-0.25, -0.2) is 4.79 Å². The maximum atomic E-state index is 12.8. The van der Waals surface area contributed by atoms with Gasteiger partial charge in [0, 0.05) is 11.1 Å². The number of hydrogen-bond donors (Lipinski definition) is 0. The highest BCUT2D eigenvalue weighted by molar-refractivity contribution is 6.00. The molecule has 2 rings (SSSR count). The Kier molecular flexibility index (Phi) is 7.70. The molecular formula is C21H24O4. The zero-order valence-corrected chi connectivity index (χ0v) is 14.5. The summed E-state index contributed by atoms with van der Waals surface area (Å²) in [5.41, 5.74) is 1.12. The van der Waals surface area contributed by atoms with Gasteiger partial charge in [-0.05, 0) is 6.42 Å². The number of benzene rings is 2. The van der Waals surface area contributed by atoms with Gasteiger partial charge >= 0.3 is 6.16 Å². The minimum Gasteiger partial charge on any atom is -0.434 e. The van der Waals surface area contributed by atoms with Crippen molar-refractivity contribution in [2.45, 2.75) is 38.7 Å². The fraction of sp³-hybridized carbons (Fsp3) is 0.333. The number of carbonyl (C=O) groups excluding carboxylic acids is 2. The molecule has 0 aliphatic rings. The van der Waals surface area contributed by atoms with Crippen molar-refractivity contribution in [3.63, 3.8) is 0 Å². The Morgan fingerprint density at radius 1 is 0.880 bits per heavy atom. The Morgan fingerprint density at radius 3 is 2.16 bits per heavy atom. The standard InChI is InChI=1S/C21H24O4/c1-2-3-4-11-16-24-21(23)25-20(18-14-9-6-10-15-18)19(22)17-12-7-5-8-13-17/h5-10,12-15,20H,2-4,11,16H2,1H3. The molecule has 0 radical (unpaired) electrons. The van der Waals surface area contributed by atoms with E-state index in [9.17, 15) is 9.59 Å². The van der Waals surface area contributed by atoms with E-state index in [4.69, 9.17) is 9.47 Å². The smallest absolute Gasteiger partial charge is 0.434 e. The lowest BCUT2D eigenvalue weighted by Crippen LogP contribution is -2.21. The van der Waals surface area contributed by atoms with Crippen LogP contribution in [0.25, 0.3) is 0 Å². The first-order valence-corrected chi connectivity index (χ1v) is 8.70. The van der Waals surface area contributed by atoms with Crippen LogP contribution in [0.5, 0.6) is 0 Å². The summed E-state index contributed by atoms with van der Waals surface area (Å²) in [6.07, 6.45) is 2.21. The van der Waals surface area contributed by atoms with Crippen molar-refractivity contribution in [3.8, 4) is 0 Å². The van der Waals surface area contributed by atoms with Crippen LogP contribution in [0.2, 0.25) is 0 Å². The van der Waals surface area contributed by atoms with Gasteiger partial charge < -0.3 is 9.47 Å². The lowest BCUT2D eigenvalue weighted by atomic mass is 10.00. The van der Waals surface area contributed by atoms with Crippen molar-refractivity contribution in [1.29, 1.82) is 0 Å². The highest BCUT2D eigenvalue weighted by Crippen LogP contribution is 2.23. The van der Waals surface area contributed by atoms with E-state index >= 15 is 0 Å². The minimum absolute atomic E-state index is 0.269. The van der Waals surface area contributed by atoms with Crippen LogP contribution >= 0.6 is 0 Å². The summed E-state index contributed by atoms with van der Waals surface area (Å²) in [4.78, 5) is 24.8. The van der Waals surface area contributed by atoms with Gasteiger partial charge in [-0.1, -0.05) is 86.8 Å². The van der Waals surface area contributed by atoms with E-state index in [1.54, 1.807) is 48.5 Å². The molecule has 1 unspecified atom stereocenters. The molecule has 2 aromatic carbocycles. The number of ketones is 1. The average molecular weight is 340 g/mol. The van der Waals surface area contributed by atoms with Crippen LogP contribution in [0.1, 0.15) is 54.6 Å². The number of carbonyl (C=O) groups is 2. The maximum Gasteiger partial charge on any atom is 0.509 e. The van der Waals surface area contributed by atoms with Gasteiger partial charge in [0.05, 0.1) is 6.61 Å². The molecule has 4 heteroatoms. The fourth-order valence-electron chi connectivity index (χ4n) is 2.47. The molecule has 0 spiro atoms. The van der Waals surface area contributed by atoms with Crippen LogP contribution < -0.4 is 0 Å². The molecule has 4 nitrogen and oxygen atoms in total. The zero-order valence-electron chi connectivity index (χ0n) is 14.5. The summed E-state index contributed by atoms with van der Waals surface area (Å²) in [7, 11) is 0. The van der Waals surface area contributed by atoms with Gasteiger partial charge in [0.2, 0.25) is 5.78 Å². The molecule has 0 saturated carbocycles. The van der Waals surface area contributed by atoms with E-state index in [2.05, 4.69) is 6.92 Å². The molecule has 0 N–H and O–H groups in total. The summed E-state index contributed by atoms with van der Waals surface area (Å²) >= 11 is 0. The van der Waals surface area contributed by atoms with Crippen LogP contribution in [0.15, 0.2) is 60.7 Å². The van der Waals surface area contributed by atoms with E-state index in [0.29, 0.717) is 17.7 Å². The summed E-state index contributed by atoms with van der Waals surface area (Å²) < 4.78 is 10.5. The highest BCUT2D eigenvalue weighted by Gasteiger charge is 2.26. The Bertz CT molecular complexity index is 652. The molecule has 0 aliphatic carbocycles. The second kappa shape index (κ2) is 10.3. The van der Waals surface area contributed by atoms with Crippen molar-refractivity contribution in [1.82, 2.24) is 0 Å². The van der Waals surface area contributed by atoms with E-state index in [1.807, 2.05) is 12.1 Å². The summed E-state index contributed by atoms with van der Waals surface area (Å²) in [5, 5.41) is 0. The number of hydrogen-bond acceptors (Lipinski definition) is 4. The van der Waals surface area contributed by atoms with Gasteiger partial charge in [-0.2, -0.15) is 0 Å². The average Bonchev–Trinajstić information content (AvgIpc) is 2.67. The number of rotatable bonds is 9. The molecular weight excluding hydrogens is 316 g/mol. The largest absolute Gasteiger partial charge is 0.509 e. The second-order valence-electron chi connectivity index (χ2n) is 5.80. The predicted octanol–water partition coefficient (Wildman–Crippen LogP) is 5.34. The van der Waals surface area contributed by atoms with Crippen molar-refractivity contribution in [3.05, 3.63) is 71.8 Å². The van der Waals surface area contributed by atoms with E-state index < -0.39 is 12.3 Å². The molecule has 2 aromatic rings. The van der Waals surface area contributed by atoms with Crippen molar-refractivity contribution in [2.24, 2.45) is 0 Å². The van der Waals surface area contributed by atoms with Gasteiger partial charge in [-0.15, -0.1) is 0 Å². The van der Waals surface area contributed by atoms with E-state index in [-0.39, 0.29) is 5.78 Å². The van der Waals surface area contributed by atoms with Crippen molar-refractivity contribution in [2.75, 3.05) is 6.61 Å². The molecule has 0 aliphatic heterocycles. The normalized spacial score (nSPS) is 11.6. The molecule has 1 atom stereocenters. The Hall–Kier alpha value is -2.62. The fourth-order valence-corrected chi connectivity index (χ4v) is 2.47. The summed E-state index contributed by atoms with van der Waals surface area (Å²) in [5.74, 6) is -0.269. The maximum absolute atomic E-state index is 12.8. The first-order chi connectivity index (χ1) is 12.2. The first-order valence-electron chi connectivity index (χ1n) is 8.70. The topological polar surface area (TPSA) is 52.6 Å². The zero-order chi connectivity index (χ0) is 17.9. The van der Waals surface area contributed by atoms with Crippen molar-refractivity contribution < 1.29 is 19.1 Å². The van der Waals surface area contributed by atoms with Crippen LogP contribution in [0.4, 0.5) is 4.79 Å². The Morgan fingerprint density at radius 2 is 1.52 bits per heavy atom. The molecule has 25 heavy (non-hydrogen) atoms. The third-order valence-corrected chi connectivity index (χ3v) is 3.83. The molecule has 0 fully saturated rings. The number of ether oxygens (including phenoxy) is 2. The summed E-state index contributed by atoms with van der Waals surface area (Å²) in [6.45, 7) is 2.43. The van der Waals surface area contributed by atoms with Gasteiger partial charge in [0.25, 0.3) is 0 Å². The van der Waals surface area contributed by atoms with Crippen LogP contribution in [-0.2, 0) is 9.47 Å². The molecule has 132 valence electrons. The quantitative estimate of drug-likeness (QED) is 0.351. The monoisotopic (exact) mass is 340 g/mol. The Labute approximate surface area is 148 Å². The predicted molar refractivity (Wildman–Crippen MR) is 96.5 cm³/mol. The third-order valence-electron chi connectivity index (χ3n) is 3.83. The highest BCUT2D eigenvalue weighted by atomic mass is 16.7. The van der Waals surface area contributed by atoms with Gasteiger partial charge in [0.15, 0.2) is 6.10 Å². The molecule has 0 bridgehead atoms. The van der Waals surface area contributed by atoms with Crippen LogP contribution in [-0.4, -0.2) is 18.5 Å². The molecule has 0 heterocycles. The number of unbranched alkanes of at least 4 members (excludes halogenated alkanes) is 3. The Balaban J connectivity index is 2.03. The van der Waals surface area contributed by atoms with Gasteiger partial charge in [0.1, 0.15) is 0 Å². The SMILES string of the molecule is CCCCCCOC(=O)OC(C(=O)c1ccccc1)c1ccccc1. The van der Waals surface area contributed by atoms with Crippen LogP contribution in [0, 0.1) is 0 Å². The summed E-state index contributed by atoms with van der Waals surface area (Å²) in [6, 6.07) is 17.8.